The summed E-state index contributed by atoms with van der Waals surface area (Å²) in [4.78, 5) is 0. The first-order chi connectivity index (χ1) is 6.65. The Balaban J connectivity index is 0.00000196. The number of rotatable bonds is 3. The SMILES string of the molecule is C.CCC1O[C@H](OC)C(C)[C@@H](C)[C@@H]1OC. The molecular formula is C12H26O3. The summed E-state index contributed by atoms with van der Waals surface area (Å²) in [6.45, 7) is 6.47. The van der Waals surface area contributed by atoms with Crippen LogP contribution >= 0.6 is 0 Å². The van der Waals surface area contributed by atoms with Crippen molar-refractivity contribution in [1.82, 2.24) is 0 Å². The fourth-order valence-corrected chi connectivity index (χ4v) is 2.22. The second kappa shape index (κ2) is 6.46. The molecule has 3 heteroatoms. The van der Waals surface area contributed by atoms with Crippen LogP contribution in [0, 0.1) is 11.8 Å². The molecule has 1 fully saturated rings. The van der Waals surface area contributed by atoms with Gasteiger partial charge in [-0.15, -0.1) is 0 Å². The maximum absolute atomic E-state index is 5.82. The van der Waals surface area contributed by atoms with E-state index in [2.05, 4.69) is 20.8 Å². The number of hydrogen-bond donors (Lipinski definition) is 0. The Morgan fingerprint density at radius 3 is 2.07 bits per heavy atom. The molecule has 15 heavy (non-hydrogen) atoms. The van der Waals surface area contributed by atoms with Crippen LogP contribution in [0.15, 0.2) is 0 Å². The first kappa shape index (κ1) is 14.9. The van der Waals surface area contributed by atoms with Crippen molar-refractivity contribution in [3.05, 3.63) is 0 Å². The van der Waals surface area contributed by atoms with Crippen molar-refractivity contribution in [2.24, 2.45) is 11.8 Å². The highest BCUT2D eigenvalue weighted by molar-refractivity contribution is 4.85. The van der Waals surface area contributed by atoms with Gasteiger partial charge in [-0.05, 0) is 12.3 Å². The Morgan fingerprint density at radius 2 is 1.67 bits per heavy atom. The fourth-order valence-electron chi connectivity index (χ4n) is 2.22. The maximum Gasteiger partial charge on any atom is 0.160 e. The molecule has 3 nitrogen and oxygen atoms in total. The molecule has 1 rings (SSSR count). The van der Waals surface area contributed by atoms with Crippen molar-refractivity contribution in [1.29, 1.82) is 0 Å². The maximum atomic E-state index is 5.82. The summed E-state index contributed by atoms with van der Waals surface area (Å²) in [5.74, 6) is 0.858. The summed E-state index contributed by atoms with van der Waals surface area (Å²) in [6.07, 6.45) is 1.24. The predicted octanol–water partition coefficient (Wildman–Crippen LogP) is 2.69. The molecule has 1 aliphatic rings. The van der Waals surface area contributed by atoms with E-state index in [1.54, 1.807) is 14.2 Å². The van der Waals surface area contributed by atoms with E-state index in [9.17, 15) is 0 Å². The second-order valence-electron chi connectivity index (χ2n) is 4.11. The van der Waals surface area contributed by atoms with E-state index in [0.717, 1.165) is 6.42 Å². The van der Waals surface area contributed by atoms with Gasteiger partial charge in [0.25, 0.3) is 0 Å². The third-order valence-electron chi connectivity index (χ3n) is 3.36. The lowest BCUT2D eigenvalue weighted by atomic mass is 9.84. The zero-order chi connectivity index (χ0) is 10.7. The monoisotopic (exact) mass is 218 g/mol. The van der Waals surface area contributed by atoms with Crippen LogP contribution in [0.2, 0.25) is 0 Å². The van der Waals surface area contributed by atoms with Crippen molar-refractivity contribution >= 4 is 0 Å². The molecule has 0 saturated carbocycles. The molecule has 2 unspecified atom stereocenters. The summed E-state index contributed by atoms with van der Waals surface area (Å²) >= 11 is 0. The highest BCUT2D eigenvalue weighted by Gasteiger charge is 2.40. The zero-order valence-electron chi connectivity index (χ0n) is 9.82. The third kappa shape index (κ3) is 2.92. The van der Waals surface area contributed by atoms with Crippen molar-refractivity contribution in [3.8, 4) is 0 Å². The van der Waals surface area contributed by atoms with E-state index in [1.165, 1.54) is 0 Å². The first-order valence-electron chi connectivity index (χ1n) is 5.36. The van der Waals surface area contributed by atoms with Crippen molar-refractivity contribution in [3.63, 3.8) is 0 Å². The van der Waals surface area contributed by atoms with Crippen molar-refractivity contribution in [2.45, 2.75) is 53.1 Å². The minimum atomic E-state index is -0.0821. The van der Waals surface area contributed by atoms with Crippen molar-refractivity contribution in [2.75, 3.05) is 14.2 Å². The lowest BCUT2D eigenvalue weighted by Crippen LogP contribution is -2.50. The molecule has 0 aromatic heterocycles. The topological polar surface area (TPSA) is 27.7 Å². The van der Waals surface area contributed by atoms with E-state index >= 15 is 0 Å². The zero-order valence-corrected chi connectivity index (χ0v) is 9.82. The van der Waals surface area contributed by atoms with Gasteiger partial charge in [-0.3, -0.25) is 0 Å². The first-order valence-corrected chi connectivity index (χ1v) is 5.36. The quantitative estimate of drug-likeness (QED) is 0.729. The number of hydrogen-bond acceptors (Lipinski definition) is 3. The largest absolute Gasteiger partial charge is 0.378 e. The second-order valence-corrected chi connectivity index (χ2v) is 4.11. The molecule has 0 bridgehead atoms. The molecular weight excluding hydrogens is 192 g/mol. The third-order valence-corrected chi connectivity index (χ3v) is 3.36. The number of methoxy groups -OCH3 is 2. The van der Waals surface area contributed by atoms with Gasteiger partial charge in [-0.1, -0.05) is 28.2 Å². The molecule has 5 atom stereocenters. The average molecular weight is 218 g/mol. The normalized spacial score (nSPS) is 41.0. The van der Waals surface area contributed by atoms with Gasteiger partial charge < -0.3 is 14.2 Å². The van der Waals surface area contributed by atoms with Gasteiger partial charge in [0, 0.05) is 20.1 Å². The lowest BCUT2D eigenvalue weighted by Gasteiger charge is -2.43. The Hall–Kier alpha value is -0.120. The van der Waals surface area contributed by atoms with Gasteiger partial charge >= 0.3 is 0 Å². The van der Waals surface area contributed by atoms with E-state index in [4.69, 9.17) is 14.2 Å². The van der Waals surface area contributed by atoms with E-state index in [1.807, 2.05) is 0 Å². The molecule has 0 aromatic carbocycles. The Morgan fingerprint density at radius 1 is 1.07 bits per heavy atom. The number of ether oxygens (including phenoxy) is 3. The Labute approximate surface area is 94.1 Å². The molecule has 0 spiro atoms. The minimum Gasteiger partial charge on any atom is -0.378 e. The van der Waals surface area contributed by atoms with Crippen LogP contribution in [-0.4, -0.2) is 32.7 Å². The Kier molecular flexibility index (Phi) is 6.41. The molecule has 0 aromatic rings. The van der Waals surface area contributed by atoms with E-state index in [-0.39, 0.29) is 25.9 Å². The van der Waals surface area contributed by atoms with Crippen LogP contribution in [0.25, 0.3) is 0 Å². The average Bonchev–Trinajstić information content (AvgIpc) is 2.21. The highest BCUT2D eigenvalue weighted by atomic mass is 16.7. The van der Waals surface area contributed by atoms with Crippen LogP contribution in [0.4, 0.5) is 0 Å². The molecule has 92 valence electrons. The molecule has 1 heterocycles. The van der Waals surface area contributed by atoms with Crippen LogP contribution in [0.5, 0.6) is 0 Å². The predicted molar refractivity (Wildman–Crippen MR) is 61.8 cm³/mol. The Bertz CT molecular complexity index is 170. The van der Waals surface area contributed by atoms with E-state index < -0.39 is 0 Å². The summed E-state index contributed by atoms with van der Waals surface area (Å²) in [5, 5.41) is 0. The van der Waals surface area contributed by atoms with Crippen molar-refractivity contribution < 1.29 is 14.2 Å². The molecule has 0 aliphatic carbocycles. The van der Waals surface area contributed by atoms with Gasteiger partial charge in [0.15, 0.2) is 6.29 Å². The van der Waals surface area contributed by atoms with Gasteiger partial charge in [0.05, 0.1) is 12.2 Å². The summed E-state index contributed by atoms with van der Waals surface area (Å²) in [7, 11) is 3.46. The summed E-state index contributed by atoms with van der Waals surface area (Å²) < 4.78 is 16.6. The van der Waals surface area contributed by atoms with Crippen LogP contribution in [0.3, 0.4) is 0 Å². The van der Waals surface area contributed by atoms with Crippen LogP contribution in [0.1, 0.15) is 34.6 Å². The van der Waals surface area contributed by atoms with Gasteiger partial charge in [0.2, 0.25) is 0 Å². The van der Waals surface area contributed by atoms with Gasteiger partial charge in [-0.25, -0.2) is 0 Å². The summed E-state index contributed by atoms with van der Waals surface area (Å²) in [5.41, 5.74) is 0. The molecule has 0 amide bonds. The molecule has 1 aliphatic heterocycles. The standard InChI is InChI=1S/C11H22O3.CH4/c1-6-9-10(12-4)7(2)8(3)11(13-5)14-9;/h7-11H,6H2,1-5H3;1H4/t7-,8?,9?,10+,11+;/m1./s1. The highest BCUT2D eigenvalue weighted by Crippen LogP contribution is 2.33. The molecule has 0 radical (unpaired) electrons. The van der Waals surface area contributed by atoms with E-state index in [0.29, 0.717) is 11.8 Å². The minimum absolute atomic E-state index is 0. The molecule has 1 saturated heterocycles. The van der Waals surface area contributed by atoms with Crippen LogP contribution < -0.4 is 0 Å². The van der Waals surface area contributed by atoms with Crippen LogP contribution in [-0.2, 0) is 14.2 Å². The smallest absolute Gasteiger partial charge is 0.160 e. The molecule has 0 N–H and O–H groups in total. The van der Waals surface area contributed by atoms with Gasteiger partial charge in [0.1, 0.15) is 0 Å². The van der Waals surface area contributed by atoms with Gasteiger partial charge in [-0.2, -0.15) is 0 Å². The summed E-state index contributed by atoms with van der Waals surface area (Å²) in [6, 6.07) is 0. The fraction of sp³-hybridized carbons (Fsp3) is 1.00. The lowest BCUT2D eigenvalue weighted by molar-refractivity contribution is -0.258.